The van der Waals surface area contributed by atoms with Gasteiger partial charge in [0.25, 0.3) is 5.56 Å². The third-order valence-electron chi connectivity index (χ3n) is 4.96. The van der Waals surface area contributed by atoms with Crippen LogP contribution in [0.5, 0.6) is 0 Å². The maximum atomic E-state index is 12.5. The number of rotatable bonds is 4. The van der Waals surface area contributed by atoms with Crippen molar-refractivity contribution in [3.05, 3.63) is 53.1 Å². The van der Waals surface area contributed by atoms with Crippen molar-refractivity contribution in [3.8, 4) is 0 Å². The van der Waals surface area contributed by atoms with Crippen LogP contribution in [-0.4, -0.2) is 49.0 Å². The molecule has 0 radical (unpaired) electrons. The van der Waals surface area contributed by atoms with Crippen molar-refractivity contribution in [2.45, 2.75) is 0 Å². The molecule has 0 spiro atoms. The van der Waals surface area contributed by atoms with Crippen molar-refractivity contribution in [1.29, 1.82) is 0 Å². The lowest BCUT2D eigenvalue weighted by molar-refractivity contribution is 0.423. The van der Waals surface area contributed by atoms with Crippen LogP contribution in [0, 0.1) is 5.92 Å². The fourth-order valence-electron chi connectivity index (χ4n) is 3.38. The Balaban J connectivity index is 1.26. The lowest BCUT2D eigenvalue weighted by atomic mass is 10.0. The van der Waals surface area contributed by atoms with Crippen LogP contribution in [0.4, 0.5) is 11.8 Å². The van der Waals surface area contributed by atoms with Gasteiger partial charge in [0.2, 0.25) is 5.95 Å². The molecule has 0 aliphatic carbocycles. The minimum atomic E-state index is -0.0372. The van der Waals surface area contributed by atoms with E-state index in [1.807, 2.05) is 30.3 Å². The zero-order chi connectivity index (χ0) is 18.4. The molecular weight excluding hydrogens is 344 g/mol. The zero-order valence-corrected chi connectivity index (χ0v) is 14.8. The third-order valence-corrected chi connectivity index (χ3v) is 4.96. The Bertz CT molecular complexity index is 1190. The Morgan fingerprint density at radius 1 is 1.19 bits per heavy atom. The van der Waals surface area contributed by atoms with Crippen LogP contribution in [0.1, 0.15) is 0 Å². The Kier molecular flexibility index (Phi) is 3.52. The summed E-state index contributed by atoms with van der Waals surface area (Å²) >= 11 is 0. The molecule has 0 atom stereocenters. The highest BCUT2D eigenvalue weighted by Gasteiger charge is 2.28. The normalized spacial score (nSPS) is 14.6. The van der Waals surface area contributed by atoms with Crippen LogP contribution in [0.15, 0.2) is 47.5 Å². The highest BCUT2D eigenvalue weighted by atomic mass is 16.1. The second-order valence-corrected chi connectivity index (χ2v) is 6.79. The standard InChI is InChI=1S/C18H18N8O/c1-24-17(27)13-4-2-3-5-14(13)21-18(24)19-8-12-9-25(10-12)16-7-6-15-22-20-11-26(15)23-16/h2-7,11-12H,8-10H2,1H3,(H,19,21). The molecule has 0 saturated carbocycles. The molecule has 1 fully saturated rings. The summed E-state index contributed by atoms with van der Waals surface area (Å²) in [4.78, 5) is 19.2. The van der Waals surface area contributed by atoms with Gasteiger partial charge >= 0.3 is 0 Å². The van der Waals surface area contributed by atoms with Gasteiger partial charge in [0.05, 0.1) is 10.9 Å². The Morgan fingerprint density at radius 3 is 2.93 bits per heavy atom. The molecule has 0 unspecified atom stereocenters. The minimum absolute atomic E-state index is 0.0372. The molecule has 1 aliphatic rings. The molecule has 0 amide bonds. The van der Waals surface area contributed by atoms with Gasteiger partial charge in [-0.05, 0) is 24.3 Å². The summed E-state index contributed by atoms with van der Waals surface area (Å²) in [6.07, 6.45) is 1.60. The van der Waals surface area contributed by atoms with Gasteiger partial charge in [-0.15, -0.1) is 15.3 Å². The van der Waals surface area contributed by atoms with Crippen LogP contribution in [0.2, 0.25) is 0 Å². The van der Waals surface area contributed by atoms with Crippen LogP contribution < -0.4 is 15.8 Å². The van der Waals surface area contributed by atoms with E-state index in [4.69, 9.17) is 0 Å². The first-order valence-corrected chi connectivity index (χ1v) is 8.81. The van der Waals surface area contributed by atoms with E-state index in [-0.39, 0.29) is 5.56 Å². The number of hydrogen-bond donors (Lipinski definition) is 1. The van der Waals surface area contributed by atoms with E-state index in [2.05, 4.69) is 30.5 Å². The van der Waals surface area contributed by atoms with Crippen LogP contribution in [0.3, 0.4) is 0 Å². The van der Waals surface area contributed by atoms with Gasteiger partial charge in [0.15, 0.2) is 5.65 Å². The van der Waals surface area contributed by atoms with E-state index in [0.29, 0.717) is 22.8 Å². The Hall–Kier alpha value is -3.49. The van der Waals surface area contributed by atoms with Gasteiger partial charge in [-0.2, -0.15) is 4.52 Å². The molecule has 1 N–H and O–H groups in total. The molecule has 3 aromatic heterocycles. The van der Waals surface area contributed by atoms with E-state index in [9.17, 15) is 4.79 Å². The van der Waals surface area contributed by atoms with E-state index >= 15 is 0 Å². The summed E-state index contributed by atoms with van der Waals surface area (Å²) in [5.41, 5.74) is 1.41. The monoisotopic (exact) mass is 362 g/mol. The summed E-state index contributed by atoms with van der Waals surface area (Å²) in [5.74, 6) is 1.97. The van der Waals surface area contributed by atoms with Gasteiger partial charge < -0.3 is 10.2 Å². The zero-order valence-electron chi connectivity index (χ0n) is 14.8. The van der Waals surface area contributed by atoms with Crippen molar-refractivity contribution in [2.75, 3.05) is 29.9 Å². The topological polar surface area (TPSA) is 93.2 Å². The van der Waals surface area contributed by atoms with Crippen molar-refractivity contribution in [1.82, 2.24) is 29.4 Å². The van der Waals surface area contributed by atoms with Crippen molar-refractivity contribution in [2.24, 2.45) is 13.0 Å². The SMILES string of the molecule is Cn1c(NCC2CN(c3ccc4nncn4n3)C2)nc2ccccc2c1=O. The molecule has 27 heavy (non-hydrogen) atoms. The largest absolute Gasteiger partial charge is 0.355 e. The van der Waals surface area contributed by atoms with Gasteiger partial charge in [-0.1, -0.05) is 12.1 Å². The fraction of sp³-hybridized carbons (Fsp3) is 0.278. The molecular formula is C18H18N8O. The summed E-state index contributed by atoms with van der Waals surface area (Å²) in [6, 6.07) is 11.3. The van der Waals surface area contributed by atoms with E-state index in [1.165, 1.54) is 0 Å². The first-order chi connectivity index (χ1) is 13.2. The maximum absolute atomic E-state index is 12.5. The predicted octanol–water partition coefficient (Wildman–Crippen LogP) is 0.919. The second-order valence-electron chi connectivity index (χ2n) is 6.79. The summed E-state index contributed by atoms with van der Waals surface area (Å²) < 4.78 is 3.25. The maximum Gasteiger partial charge on any atom is 0.262 e. The highest BCUT2D eigenvalue weighted by molar-refractivity contribution is 5.78. The number of aromatic nitrogens is 6. The number of para-hydroxylation sites is 1. The van der Waals surface area contributed by atoms with Gasteiger partial charge in [0, 0.05) is 32.6 Å². The van der Waals surface area contributed by atoms with Crippen molar-refractivity contribution >= 4 is 28.3 Å². The van der Waals surface area contributed by atoms with Crippen LogP contribution in [-0.2, 0) is 7.05 Å². The van der Waals surface area contributed by atoms with Crippen LogP contribution in [0.25, 0.3) is 16.6 Å². The molecule has 5 rings (SSSR count). The summed E-state index contributed by atoms with van der Waals surface area (Å²) in [5, 5.41) is 16.3. The van der Waals surface area contributed by atoms with E-state index < -0.39 is 0 Å². The third kappa shape index (κ3) is 2.67. The molecule has 4 heterocycles. The summed E-state index contributed by atoms with van der Waals surface area (Å²) in [6.45, 7) is 2.55. The average Bonchev–Trinajstić information content (AvgIpc) is 3.12. The van der Waals surface area contributed by atoms with Crippen LogP contribution >= 0.6 is 0 Å². The number of hydrogen-bond acceptors (Lipinski definition) is 7. The second kappa shape index (κ2) is 6.04. The van der Waals surface area contributed by atoms with E-state index in [1.54, 1.807) is 28.5 Å². The summed E-state index contributed by atoms with van der Waals surface area (Å²) in [7, 11) is 1.75. The fourth-order valence-corrected chi connectivity index (χ4v) is 3.38. The quantitative estimate of drug-likeness (QED) is 0.577. The Labute approximate surface area is 154 Å². The van der Waals surface area contributed by atoms with Crippen molar-refractivity contribution in [3.63, 3.8) is 0 Å². The number of anilines is 2. The minimum Gasteiger partial charge on any atom is -0.355 e. The van der Waals surface area contributed by atoms with Gasteiger partial charge in [-0.25, -0.2) is 4.98 Å². The Morgan fingerprint density at radius 2 is 2.04 bits per heavy atom. The van der Waals surface area contributed by atoms with Gasteiger partial charge in [0.1, 0.15) is 12.1 Å². The first kappa shape index (κ1) is 15.7. The smallest absolute Gasteiger partial charge is 0.262 e. The number of nitrogens with zero attached hydrogens (tertiary/aromatic N) is 7. The molecule has 4 aromatic rings. The number of fused-ring (bicyclic) bond motifs is 2. The first-order valence-electron chi connectivity index (χ1n) is 8.81. The highest BCUT2D eigenvalue weighted by Crippen LogP contribution is 2.23. The predicted molar refractivity (Wildman–Crippen MR) is 102 cm³/mol. The average molecular weight is 362 g/mol. The lowest BCUT2D eigenvalue weighted by Gasteiger charge is -2.40. The van der Waals surface area contributed by atoms with E-state index in [0.717, 1.165) is 31.1 Å². The molecule has 1 aliphatic heterocycles. The van der Waals surface area contributed by atoms with Gasteiger partial charge in [-0.3, -0.25) is 9.36 Å². The molecule has 136 valence electrons. The lowest BCUT2D eigenvalue weighted by Crippen LogP contribution is -2.50. The molecule has 1 aromatic carbocycles. The number of nitrogens with one attached hydrogen (secondary N) is 1. The van der Waals surface area contributed by atoms with Crippen molar-refractivity contribution < 1.29 is 0 Å². The molecule has 9 nitrogen and oxygen atoms in total. The number of benzene rings is 1. The molecule has 0 bridgehead atoms. The molecule has 1 saturated heterocycles. The molecule has 9 heteroatoms.